The fourth-order valence-electron chi connectivity index (χ4n) is 2.74. The number of nitrogens with zero attached hydrogens (tertiary/aromatic N) is 3. The van der Waals surface area contributed by atoms with E-state index in [0.29, 0.717) is 11.3 Å². The van der Waals surface area contributed by atoms with Crippen LogP contribution in [-0.4, -0.2) is 29.0 Å². The van der Waals surface area contributed by atoms with Crippen LogP contribution in [0.15, 0.2) is 47.5 Å². The van der Waals surface area contributed by atoms with Gasteiger partial charge in [0, 0.05) is 18.3 Å². The second-order valence-corrected chi connectivity index (χ2v) is 6.29. The molecule has 0 spiro atoms. The van der Waals surface area contributed by atoms with Gasteiger partial charge in [-0.3, -0.25) is 30.0 Å². The first kappa shape index (κ1) is 18.9. The highest BCUT2D eigenvalue weighted by atomic mass is 16.6. The van der Waals surface area contributed by atoms with Gasteiger partial charge in [0.15, 0.2) is 5.92 Å². The van der Waals surface area contributed by atoms with E-state index in [2.05, 4.69) is 10.3 Å². The number of non-ortho nitro benzene ring substituents is 1. The van der Waals surface area contributed by atoms with Crippen LogP contribution < -0.4 is 10.2 Å². The molecule has 9 heteroatoms. The maximum atomic E-state index is 12.8. The highest BCUT2D eigenvalue weighted by Crippen LogP contribution is 2.26. The van der Waals surface area contributed by atoms with E-state index in [1.807, 2.05) is 13.0 Å². The average Bonchev–Trinajstić information content (AvgIpc) is 2.62. The maximum Gasteiger partial charge on any atom is 0.335 e. The van der Waals surface area contributed by atoms with Crippen LogP contribution in [0.25, 0.3) is 0 Å². The second-order valence-electron chi connectivity index (χ2n) is 6.29. The predicted octanol–water partition coefficient (Wildman–Crippen LogP) is 2.81. The van der Waals surface area contributed by atoms with Crippen molar-refractivity contribution in [3.05, 3.63) is 63.7 Å². The van der Waals surface area contributed by atoms with Gasteiger partial charge in [0.1, 0.15) is 0 Å². The largest absolute Gasteiger partial charge is 0.335 e. The van der Waals surface area contributed by atoms with Crippen molar-refractivity contribution < 1.29 is 19.3 Å². The molecule has 4 amide bonds. The number of aryl methyl sites for hydroxylation is 2. The van der Waals surface area contributed by atoms with Crippen molar-refractivity contribution in [2.45, 2.75) is 13.8 Å². The fraction of sp³-hybridized carbons (Fsp3) is 0.158. The Morgan fingerprint density at radius 1 is 1.14 bits per heavy atom. The second kappa shape index (κ2) is 7.39. The van der Waals surface area contributed by atoms with Crippen molar-refractivity contribution in [1.29, 1.82) is 0 Å². The molecule has 1 atom stereocenters. The molecule has 0 aromatic heterocycles. The monoisotopic (exact) mass is 380 g/mol. The van der Waals surface area contributed by atoms with Gasteiger partial charge in [0.05, 0.1) is 16.3 Å². The van der Waals surface area contributed by atoms with Crippen LogP contribution in [0.2, 0.25) is 0 Å². The first-order chi connectivity index (χ1) is 13.3. The number of amides is 4. The first-order valence-electron chi connectivity index (χ1n) is 8.32. The SMILES string of the molecule is Cc1cccc(N2C(=O)NC(=O)[C@H](C=Nc3cc([N+](=O)[O-])ccc3C)C2=O)c1. The van der Waals surface area contributed by atoms with Gasteiger partial charge in [-0.15, -0.1) is 0 Å². The molecule has 9 nitrogen and oxygen atoms in total. The first-order valence-corrected chi connectivity index (χ1v) is 8.32. The Bertz CT molecular complexity index is 1030. The Kier molecular flexibility index (Phi) is 4.99. The highest BCUT2D eigenvalue weighted by molar-refractivity contribution is 6.32. The van der Waals surface area contributed by atoms with Gasteiger partial charge in [-0.05, 0) is 37.1 Å². The Labute approximate surface area is 159 Å². The molecule has 28 heavy (non-hydrogen) atoms. The summed E-state index contributed by atoms with van der Waals surface area (Å²) in [7, 11) is 0. The lowest BCUT2D eigenvalue weighted by molar-refractivity contribution is -0.384. The zero-order valence-electron chi connectivity index (χ0n) is 15.1. The summed E-state index contributed by atoms with van der Waals surface area (Å²) in [6, 6.07) is 10.0. The Morgan fingerprint density at radius 2 is 1.89 bits per heavy atom. The minimum atomic E-state index is -1.34. The molecule has 1 heterocycles. The van der Waals surface area contributed by atoms with E-state index >= 15 is 0 Å². The topological polar surface area (TPSA) is 122 Å². The smallest absolute Gasteiger partial charge is 0.276 e. The molecule has 0 saturated carbocycles. The summed E-state index contributed by atoms with van der Waals surface area (Å²) in [6.45, 7) is 3.51. The van der Waals surface area contributed by atoms with Gasteiger partial charge < -0.3 is 0 Å². The number of hydrogen-bond donors (Lipinski definition) is 1. The molecule has 1 aliphatic heterocycles. The third-order valence-corrected chi connectivity index (χ3v) is 4.23. The number of benzene rings is 2. The number of nitro benzene ring substituents is 1. The van der Waals surface area contributed by atoms with Crippen molar-refractivity contribution >= 4 is 41.1 Å². The summed E-state index contributed by atoms with van der Waals surface area (Å²) < 4.78 is 0. The Morgan fingerprint density at radius 3 is 2.57 bits per heavy atom. The van der Waals surface area contributed by atoms with E-state index in [1.54, 1.807) is 25.1 Å². The van der Waals surface area contributed by atoms with E-state index in [9.17, 15) is 24.5 Å². The number of rotatable bonds is 4. The number of anilines is 1. The zero-order valence-corrected chi connectivity index (χ0v) is 15.1. The number of nitrogens with one attached hydrogen (secondary N) is 1. The maximum absolute atomic E-state index is 12.8. The summed E-state index contributed by atoms with van der Waals surface area (Å²) in [5, 5.41) is 13.1. The Hall–Kier alpha value is -3.88. The van der Waals surface area contributed by atoms with E-state index in [-0.39, 0.29) is 11.4 Å². The van der Waals surface area contributed by atoms with Crippen molar-refractivity contribution in [3.8, 4) is 0 Å². The fourth-order valence-corrected chi connectivity index (χ4v) is 2.74. The van der Waals surface area contributed by atoms with Gasteiger partial charge in [-0.2, -0.15) is 0 Å². The number of hydrogen-bond acceptors (Lipinski definition) is 6. The van der Waals surface area contributed by atoms with Crippen LogP contribution in [0.5, 0.6) is 0 Å². The highest BCUT2D eigenvalue weighted by Gasteiger charge is 2.40. The molecule has 1 aliphatic rings. The number of carbonyl (C=O) groups excluding carboxylic acids is 3. The van der Waals surface area contributed by atoms with Crippen LogP contribution in [-0.2, 0) is 9.59 Å². The molecule has 2 aromatic rings. The number of carbonyl (C=O) groups is 3. The minimum absolute atomic E-state index is 0.159. The van der Waals surface area contributed by atoms with Gasteiger partial charge in [0.2, 0.25) is 5.91 Å². The molecular weight excluding hydrogens is 364 g/mol. The van der Waals surface area contributed by atoms with Crippen LogP contribution >= 0.6 is 0 Å². The molecular formula is C19H16N4O5. The molecule has 142 valence electrons. The third kappa shape index (κ3) is 3.63. The minimum Gasteiger partial charge on any atom is -0.276 e. The molecule has 1 saturated heterocycles. The number of urea groups is 1. The van der Waals surface area contributed by atoms with Crippen LogP contribution in [0, 0.1) is 29.9 Å². The lowest BCUT2D eigenvalue weighted by atomic mass is 10.1. The molecule has 2 aromatic carbocycles. The van der Waals surface area contributed by atoms with Gasteiger partial charge in [-0.25, -0.2) is 9.69 Å². The van der Waals surface area contributed by atoms with E-state index < -0.39 is 28.7 Å². The van der Waals surface area contributed by atoms with Crippen LogP contribution in [0.3, 0.4) is 0 Å². The van der Waals surface area contributed by atoms with Gasteiger partial charge >= 0.3 is 6.03 Å². The summed E-state index contributed by atoms with van der Waals surface area (Å²) in [5.74, 6) is -2.88. The average molecular weight is 380 g/mol. The predicted molar refractivity (Wildman–Crippen MR) is 102 cm³/mol. The number of aliphatic imine (C=N–C) groups is 1. The van der Waals surface area contributed by atoms with Gasteiger partial charge in [0.25, 0.3) is 11.6 Å². The van der Waals surface area contributed by atoms with Crippen LogP contribution in [0.4, 0.5) is 21.9 Å². The van der Waals surface area contributed by atoms with E-state index in [0.717, 1.165) is 16.7 Å². The van der Waals surface area contributed by atoms with Crippen molar-refractivity contribution in [1.82, 2.24) is 5.32 Å². The number of barbiturate groups is 1. The van der Waals surface area contributed by atoms with E-state index in [4.69, 9.17) is 0 Å². The molecule has 0 unspecified atom stereocenters. The molecule has 1 fully saturated rings. The summed E-state index contributed by atoms with van der Waals surface area (Å²) in [4.78, 5) is 52.5. The quantitative estimate of drug-likeness (QED) is 0.378. The molecule has 0 bridgehead atoms. The summed E-state index contributed by atoms with van der Waals surface area (Å²) in [5.41, 5.74) is 1.91. The standard InChI is InChI=1S/C19H16N4O5/c1-11-4-3-5-13(8-11)22-18(25)15(17(24)21-19(22)26)10-20-16-9-14(23(27)28)7-6-12(16)2/h3-10,15H,1-2H3,(H,21,24,26)/t15-/m0/s1. The summed E-state index contributed by atoms with van der Waals surface area (Å²) >= 11 is 0. The normalized spacial score (nSPS) is 17.1. The third-order valence-electron chi connectivity index (χ3n) is 4.23. The Balaban J connectivity index is 1.93. The molecule has 0 aliphatic carbocycles. The molecule has 3 rings (SSSR count). The number of imide groups is 2. The van der Waals surface area contributed by atoms with Crippen LogP contribution in [0.1, 0.15) is 11.1 Å². The number of nitro groups is 1. The van der Waals surface area contributed by atoms with Crippen molar-refractivity contribution in [3.63, 3.8) is 0 Å². The van der Waals surface area contributed by atoms with E-state index in [1.165, 1.54) is 18.2 Å². The molecule has 1 N–H and O–H groups in total. The zero-order chi connectivity index (χ0) is 20.4. The lowest BCUT2D eigenvalue weighted by Crippen LogP contribution is -2.58. The lowest BCUT2D eigenvalue weighted by Gasteiger charge is -2.28. The van der Waals surface area contributed by atoms with Gasteiger partial charge in [-0.1, -0.05) is 18.2 Å². The summed E-state index contributed by atoms with van der Waals surface area (Å²) in [6.07, 6.45) is 1.10. The van der Waals surface area contributed by atoms with Crippen molar-refractivity contribution in [2.75, 3.05) is 4.90 Å². The van der Waals surface area contributed by atoms with Crippen molar-refractivity contribution in [2.24, 2.45) is 10.9 Å². The molecule has 0 radical (unpaired) electrons.